The molecule has 1 heterocycles. The zero-order valence-corrected chi connectivity index (χ0v) is 27.4. The van der Waals surface area contributed by atoms with E-state index in [4.69, 9.17) is 21.7 Å². The topological polar surface area (TPSA) is 181 Å². The van der Waals surface area contributed by atoms with E-state index >= 15 is 0 Å². The van der Waals surface area contributed by atoms with Gasteiger partial charge in [0.1, 0.15) is 17.9 Å². The van der Waals surface area contributed by atoms with Gasteiger partial charge in [-0.3, -0.25) is 19.8 Å². The van der Waals surface area contributed by atoms with Crippen LogP contribution in [0.4, 0.5) is 4.79 Å². The fourth-order valence-corrected chi connectivity index (χ4v) is 7.00. The van der Waals surface area contributed by atoms with Crippen LogP contribution in [0.15, 0.2) is 47.4 Å². The number of halogens is 1. The highest BCUT2D eigenvalue weighted by molar-refractivity contribution is 7.89. The van der Waals surface area contributed by atoms with Gasteiger partial charge in [-0.15, -0.1) is 0 Å². The van der Waals surface area contributed by atoms with Crippen molar-refractivity contribution in [1.82, 2.24) is 30.3 Å². The third kappa shape index (κ3) is 9.37. The summed E-state index contributed by atoms with van der Waals surface area (Å²) in [5.74, 6) is -1.66. The Hall–Kier alpha value is -3.79. The molecule has 3 atom stereocenters. The summed E-state index contributed by atoms with van der Waals surface area (Å²) in [7, 11) is -3.03. The highest BCUT2D eigenvalue weighted by Gasteiger charge is 2.37. The van der Waals surface area contributed by atoms with Crippen molar-refractivity contribution in [3.63, 3.8) is 0 Å². The lowest BCUT2D eigenvalue weighted by atomic mass is 9.99. The number of rotatable bonds is 14. The molecule has 46 heavy (non-hydrogen) atoms. The Morgan fingerprint density at radius 3 is 2.50 bits per heavy atom. The van der Waals surface area contributed by atoms with Gasteiger partial charge in [-0.25, -0.2) is 18.2 Å². The van der Waals surface area contributed by atoms with Gasteiger partial charge in [-0.05, 0) is 54.5 Å². The maximum atomic E-state index is 13.6. The Bertz CT molecular complexity index is 1560. The van der Waals surface area contributed by atoms with E-state index in [0.29, 0.717) is 31.3 Å². The molecule has 4 rings (SSSR count). The van der Waals surface area contributed by atoms with E-state index < -0.39 is 45.9 Å². The number of nitrogens with zero attached hydrogens (tertiary/aromatic N) is 3. The van der Waals surface area contributed by atoms with E-state index in [1.54, 1.807) is 23.2 Å². The molecule has 2 fully saturated rings. The molecule has 1 aliphatic carbocycles. The summed E-state index contributed by atoms with van der Waals surface area (Å²) < 4.78 is 34.3. The first-order chi connectivity index (χ1) is 21.9. The molecular weight excluding hydrogens is 638 g/mol. The van der Waals surface area contributed by atoms with Crippen LogP contribution in [-0.2, 0) is 29.1 Å². The first-order valence-electron chi connectivity index (χ1n) is 15.0. The smallest absolute Gasteiger partial charge is 0.429 e. The fraction of sp³-hybridized carbons (Fsp3) is 0.500. The Labute approximate surface area is 273 Å². The number of sulfonamides is 1. The largest absolute Gasteiger partial charge is 0.452 e. The van der Waals surface area contributed by atoms with Gasteiger partial charge in [0.05, 0.1) is 25.0 Å². The molecule has 250 valence electrons. The van der Waals surface area contributed by atoms with Crippen LogP contribution in [0.2, 0.25) is 0 Å². The molecule has 0 aromatic heterocycles. The Kier molecular flexibility index (Phi) is 11.9. The Morgan fingerprint density at radius 1 is 1.13 bits per heavy atom. The van der Waals surface area contributed by atoms with Crippen LogP contribution < -0.4 is 15.4 Å². The van der Waals surface area contributed by atoms with E-state index in [1.807, 2.05) is 12.1 Å². The Balaban J connectivity index is 1.51. The van der Waals surface area contributed by atoms with Crippen molar-refractivity contribution in [3.05, 3.63) is 42.5 Å². The van der Waals surface area contributed by atoms with Crippen molar-refractivity contribution < 1.29 is 32.3 Å². The predicted molar refractivity (Wildman–Crippen MR) is 171 cm³/mol. The van der Waals surface area contributed by atoms with Crippen molar-refractivity contribution in [1.29, 1.82) is 5.41 Å². The van der Waals surface area contributed by atoms with Crippen LogP contribution in [0, 0.1) is 11.3 Å². The van der Waals surface area contributed by atoms with Crippen LogP contribution >= 0.6 is 11.6 Å². The number of benzene rings is 2. The molecule has 1 saturated heterocycles. The van der Waals surface area contributed by atoms with Gasteiger partial charge in [0.25, 0.3) is 0 Å². The number of amides is 4. The van der Waals surface area contributed by atoms with Crippen molar-refractivity contribution >= 4 is 62.5 Å². The summed E-state index contributed by atoms with van der Waals surface area (Å²) in [6, 6.07) is 10.3. The molecule has 0 spiro atoms. The summed E-state index contributed by atoms with van der Waals surface area (Å²) >= 11 is 6.26. The van der Waals surface area contributed by atoms with Gasteiger partial charge in [-0.2, -0.15) is 9.73 Å². The van der Waals surface area contributed by atoms with Gasteiger partial charge in [0.15, 0.2) is 0 Å². The normalized spacial score (nSPS) is 18.2. The highest BCUT2D eigenvalue weighted by Crippen LogP contribution is 2.28. The van der Waals surface area contributed by atoms with E-state index in [0.717, 1.165) is 29.6 Å². The van der Waals surface area contributed by atoms with Gasteiger partial charge in [0.2, 0.25) is 27.7 Å². The second-order valence-electron chi connectivity index (χ2n) is 11.4. The van der Waals surface area contributed by atoms with Crippen molar-refractivity contribution in [2.24, 2.45) is 5.92 Å². The molecular formula is C30H40ClN7O7S. The number of hydrazine groups is 1. The number of methoxy groups -OCH3 is 1. The predicted octanol–water partition coefficient (Wildman–Crippen LogP) is 1.99. The van der Waals surface area contributed by atoms with Crippen molar-refractivity contribution in [3.8, 4) is 0 Å². The summed E-state index contributed by atoms with van der Waals surface area (Å²) in [6.45, 7) is 2.30. The molecule has 4 N–H and O–H groups in total. The average Bonchev–Trinajstić information content (AvgIpc) is 3.87. The second kappa shape index (κ2) is 15.7. The number of ether oxygens (including phenoxy) is 1. The average molecular weight is 678 g/mol. The van der Waals surface area contributed by atoms with Crippen LogP contribution in [0.3, 0.4) is 0 Å². The number of piperidine rings is 1. The first kappa shape index (κ1) is 35.1. The lowest BCUT2D eigenvalue weighted by Crippen LogP contribution is -2.54. The van der Waals surface area contributed by atoms with E-state index in [9.17, 15) is 27.6 Å². The minimum atomic E-state index is -4.25. The summed E-state index contributed by atoms with van der Waals surface area (Å²) in [6.07, 6.45) is 2.53. The van der Waals surface area contributed by atoms with Gasteiger partial charge in [-0.1, -0.05) is 41.9 Å². The molecule has 2 aromatic carbocycles. The molecule has 1 aliphatic heterocycles. The molecule has 14 nitrogen and oxygen atoms in total. The van der Waals surface area contributed by atoms with Gasteiger partial charge < -0.3 is 20.3 Å². The molecule has 4 amide bonds. The van der Waals surface area contributed by atoms with Crippen LogP contribution in [0.1, 0.15) is 39.0 Å². The summed E-state index contributed by atoms with van der Waals surface area (Å²) in [5, 5.41) is 17.2. The summed E-state index contributed by atoms with van der Waals surface area (Å²) in [4.78, 5) is 52.2. The highest BCUT2D eigenvalue weighted by atomic mass is 35.5. The molecule has 16 heteroatoms. The Morgan fingerprint density at radius 2 is 1.85 bits per heavy atom. The fourth-order valence-electron chi connectivity index (χ4n) is 5.47. The quantitative estimate of drug-likeness (QED) is 0.101. The number of nitrogens with one attached hydrogen (secondary N) is 4. The number of hydrogen-bond acceptors (Lipinski definition) is 9. The SMILES string of the molecule is COC(=O)N(C=N)N1CCC[C@@H](CNC(=O)[C@H](CC(=O)N(CC(Cl)NC(C)=O)C2CC2)NS(=O)(=O)c2ccc3ccccc3c2)C1. The monoisotopic (exact) mass is 677 g/mol. The third-order valence-corrected chi connectivity index (χ3v) is 9.62. The number of carbonyl (C=O) groups is 4. The van der Waals surface area contributed by atoms with Gasteiger partial charge in [0, 0.05) is 32.6 Å². The van der Waals surface area contributed by atoms with Crippen molar-refractivity contribution in [2.45, 2.75) is 61.5 Å². The molecule has 2 aromatic rings. The van der Waals surface area contributed by atoms with Crippen molar-refractivity contribution in [2.75, 3.05) is 33.3 Å². The zero-order chi connectivity index (χ0) is 33.4. The lowest BCUT2D eigenvalue weighted by Gasteiger charge is -2.37. The number of carbonyl (C=O) groups excluding carboxylic acids is 4. The molecule has 1 saturated carbocycles. The molecule has 0 bridgehead atoms. The first-order valence-corrected chi connectivity index (χ1v) is 17.0. The minimum Gasteiger partial charge on any atom is -0.452 e. The van der Waals surface area contributed by atoms with E-state index in [-0.39, 0.29) is 35.9 Å². The third-order valence-electron chi connectivity index (χ3n) is 7.90. The number of fused-ring (bicyclic) bond motifs is 1. The zero-order valence-electron chi connectivity index (χ0n) is 25.8. The molecule has 0 radical (unpaired) electrons. The molecule has 1 unspecified atom stereocenters. The van der Waals surface area contributed by atoms with E-state index in [1.165, 1.54) is 31.1 Å². The second-order valence-corrected chi connectivity index (χ2v) is 13.7. The van der Waals surface area contributed by atoms with Crippen LogP contribution in [0.5, 0.6) is 0 Å². The lowest BCUT2D eigenvalue weighted by molar-refractivity contribution is -0.135. The number of hydrogen-bond donors (Lipinski definition) is 4. The van der Waals surface area contributed by atoms with E-state index in [2.05, 4.69) is 15.4 Å². The maximum Gasteiger partial charge on any atom is 0.429 e. The summed E-state index contributed by atoms with van der Waals surface area (Å²) in [5.41, 5.74) is -0.858. The standard InChI is InChI=1S/C30H40ClN7O7S/c1-20(39)34-27(31)18-37(24-10-11-24)28(40)15-26(35-46(43,44)25-12-9-22-7-3-4-8-23(22)14-25)29(41)33-16-21-6-5-13-36(17-21)38(19-32)30(42)45-2/h3-4,7-9,12,14,19,21,24,26-27,32,35H,5-6,10-11,13,15-18H2,1-2H3,(H,33,41)(H,34,39)/t21-,26-,27?/m0/s1. The van der Waals surface area contributed by atoms with Crippen LogP contribution in [0.25, 0.3) is 10.8 Å². The van der Waals surface area contributed by atoms with Gasteiger partial charge >= 0.3 is 6.09 Å². The number of alkyl halides is 1. The minimum absolute atomic E-state index is 0.00196. The molecule has 2 aliphatic rings. The van der Waals surface area contributed by atoms with Crippen LogP contribution in [-0.4, -0.2) is 104 Å². The maximum absolute atomic E-state index is 13.6.